The molecule has 3 aromatic heterocycles. The van der Waals surface area contributed by atoms with E-state index in [9.17, 15) is 0 Å². The van der Waals surface area contributed by atoms with Gasteiger partial charge in [-0.1, -0.05) is 0 Å². The van der Waals surface area contributed by atoms with Gasteiger partial charge in [-0.05, 0) is 25.7 Å². The SMILES string of the molecule is c1nc(-c2cn3c4c(sc3n2)CCCC4)cs1. The zero-order valence-corrected chi connectivity index (χ0v) is 10.9. The molecule has 0 spiro atoms. The van der Waals surface area contributed by atoms with Gasteiger partial charge in [0.05, 0.1) is 5.51 Å². The number of imidazole rings is 1. The molecule has 1 aliphatic carbocycles. The highest BCUT2D eigenvalue weighted by Crippen LogP contribution is 2.31. The summed E-state index contributed by atoms with van der Waals surface area (Å²) in [4.78, 5) is 11.7. The second kappa shape index (κ2) is 3.65. The van der Waals surface area contributed by atoms with Crippen molar-refractivity contribution in [3.8, 4) is 11.4 Å². The number of aryl methyl sites for hydroxylation is 2. The zero-order valence-electron chi connectivity index (χ0n) is 9.22. The lowest BCUT2D eigenvalue weighted by molar-refractivity contribution is 0.674. The third kappa shape index (κ3) is 1.46. The molecular formula is C12H11N3S2. The van der Waals surface area contributed by atoms with Gasteiger partial charge in [0.2, 0.25) is 0 Å². The third-order valence-electron chi connectivity index (χ3n) is 3.26. The van der Waals surface area contributed by atoms with E-state index in [1.54, 1.807) is 11.3 Å². The number of hydrogen-bond donors (Lipinski definition) is 0. The Hall–Kier alpha value is -1.20. The van der Waals surface area contributed by atoms with E-state index in [2.05, 4.69) is 25.9 Å². The normalized spacial score (nSPS) is 15.3. The largest absolute Gasteiger partial charge is 0.294 e. The molecule has 4 rings (SSSR count). The van der Waals surface area contributed by atoms with E-state index in [1.807, 2.05) is 16.8 Å². The average molecular weight is 261 g/mol. The molecule has 1 aliphatic rings. The van der Waals surface area contributed by atoms with Crippen LogP contribution in [0.4, 0.5) is 0 Å². The minimum atomic E-state index is 0.996. The summed E-state index contributed by atoms with van der Waals surface area (Å²) in [6.45, 7) is 0. The van der Waals surface area contributed by atoms with Crippen molar-refractivity contribution in [2.75, 3.05) is 0 Å². The van der Waals surface area contributed by atoms with E-state index in [-0.39, 0.29) is 0 Å². The van der Waals surface area contributed by atoms with E-state index in [1.165, 1.54) is 36.3 Å². The molecule has 0 saturated heterocycles. The topological polar surface area (TPSA) is 30.2 Å². The fourth-order valence-electron chi connectivity index (χ4n) is 2.43. The fourth-order valence-corrected chi connectivity index (χ4v) is 4.16. The molecule has 3 heterocycles. The predicted molar refractivity (Wildman–Crippen MR) is 70.8 cm³/mol. The van der Waals surface area contributed by atoms with Crippen LogP contribution in [0, 0.1) is 0 Å². The molecule has 86 valence electrons. The Bertz CT molecular complexity index is 663. The lowest BCUT2D eigenvalue weighted by Gasteiger charge is -2.09. The Morgan fingerprint density at radius 3 is 3.00 bits per heavy atom. The zero-order chi connectivity index (χ0) is 11.2. The molecular weight excluding hydrogens is 250 g/mol. The molecule has 0 atom stereocenters. The predicted octanol–water partition coefficient (Wildman–Crippen LogP) is 3.40. The fraction of sp³-hybridized carbons (Fsp3) is 0.333. The summed E-state index contributed by atoms with van der Waals surface area (Å²) in [5, 5.41) is 2.05. The quantitative estimate of drug-likeness (QED) is 0.672. The van der Waals surface area contributed by atoms with E-state index in [0.717, 1.165) is 16.3 Å². The van der Waals surface area contributed by atoms with Crippen LogP contribution < -0.4 is 0 Å². The minimum absolute atomic E-state index is 0.996. The molecule has 0 aliphatic heterocycles. The average Bonchev–Trinajstić information content (AvgIpc) is 3.03. The van der Waals surface area contributed by atoms with E-state index in [4.69, 9.17) is 0 Å². The first-order valence-corrected chi connectivity index (χ1v) is 7.56. The third-order valence-corrected chi connectivity index (χ3v) is 5.01. The Kier molecular flexibility index (Phi) is 2.10. The minimum Gasteiger partial charge on any atom is -0.294 e. The first kappa shape index (κ1) is 9.79. The number of thiazole rings is 2. The summed E-state index contributed by atoms with van der Waals surface area (Å²) < 4.78 is 2.27. The molecule has 3 nitrogen and oxygen atoms in total. The maximum absolute atomic E-state index is 4.69. The number of nitrogens with zero attached hydrogens (tertiary/aromatic N) is 3. The van der Waals surface area contributed by atoms with Crippen molar-refractivity contribution in [3.05, 3.63) is 27.7 Å². The van der Waals surface area contributed by atoms with E-state index in [0.29, 0.717) is 0 Å². The smallest absolute Gasteiger partial charge is 0.194 e. The first-order valence-electron chi connectivity index (χ1n) is 5.80. The van der Waals surface area contributed by atoms with Gasteiger partial charge in [-0.15, -0.1) is 22.7 Å². The maximum Gasteiger partial charge on any atom is 0.194 e. The molecule has 0 radical (unpaired) electrons. The number of aromatic nitrogens is 3. The van der Waals surface area contributed by atoms with Crippen LogP contribution in [0.15, 0.2) is 17.1 Å². The van der Waals surface area contributed by atoms with Crippen molar-refractivity contribution in [1.29, 1.82) is 0 Å². The van der Waals surface area contributed by atoms with Crippen LogP contribution in [-0.2, 0) is 12.8 Å². The Morgan fingerprint density at radius 2 is 2.12 bits per heavy atom. The van der Waals surface area contributed by atoms with E-state index >= 15 is 0 Å². The molecule has 17 heavy (non-hydrogen) atoms. The second-order valence-electron chi connectivity index (χ2n) is 4.33. The monoisotopic (exact) mass is 261 g/mol. The van der Waals surface area contributed by atoms with Crippen molar-refractivity contribution in [3.63, 3.8) is 0 Å². The van der Waals surface area contributed by atoms with Gasteiger partial charge < -0.3 is 0 Å². The summed E-state index contributed by atoms with van der Waals surface area (Å²) in [6, 6.07) is 0. The highest BCUT2D eigenvalue weighted by molar-refractivity contribution is 7.17. The summed E-state index contributed by atoms with van der Waals surface area (Å²) in [7, 11) is 0. The molecule has 0 amide bonds. The lowest BCUT2D eigenvalue weighted by atomic mass is 10.0. The molecule has 3 aromatic rings. The Balaban J connectivity index is 1.91. The van der Waals surface area contributed by atoms with Gasteiger partial charge in [0.15, 0.2) is 4.96 Å². The van der Waals surface area contributed by atoms with Crippen LogP contribution in [0.25, 0.3) is 16.3 Å². The molecule has 0 aromatic carbocycles. The number of hydrogen-bond acceptors (Lipinski definition) is 4. The van der Waals surface area contributed by atoms with Crippen LogP contribution in [0.5, 0.6) is 0 Å². The summed E-state index contributed by atoms with van der Waals surface area (Å²) in [6.07, 6.45) is 7.21. The highest BCUT2D eigenvalue weighted by Gasteiger charge is 2.18. The van der Waals surface area contributed by atoms with Crippen molar-refractivity contribution in [2.24, 2.45) is 0 Å². The summed E-state index contributed by atoms with van der Waals surface area (Å²) in [5.74, 6) is 0. The molecule has 0 saturated carbocycles. The van der Waals surface area contributed by atoms with Gasteiger partial charge in [-0.25, -0.2) is 9.97 Å². The van der Waals surface area contributed by atoms with Crippen LogP contribution in [-0.4, -0.2) is 14.4 Å². The van der Waals surface area contributed by atoms with Crippen molar-refractivity contribution < 1.29 is 0 Å². The molecule has 0 N–H and O–H groups in total. The highest BCUT2D eigenvalue weighted by atomic mass is 32.1. The van der Waals surface area contributed by atoms with Gasteiger partial charge in [0, 0.05) is 22.1 Å². The van der Waals surface area contributed by atoms with Crippen molar-refractivity contribution in [1.82, 2.24) is 14.4 Å². The summed E-state index contributed by atoms with van der Waals surface area (Å²) in [5.41, 5.74) is 5.34. The second-order valence-corrected chi connectivity index (χ2v) is 6.11. The van der Waals surface area contributed by atoms with Crippen LogP contribution in [0.2, 0.25) is 0 Å². The van der Waals surface area contributed by atoms with Crippen molar-refractivity contribution >= 4 is 27.6 Å². The van der Waals surface area contributed by atoms with Crippen LogP contribution in [0.1, 0.15) is 23.4 Å². The molecule has 5 heteroatoms. The van der Waals surface area contributed by atoms with Gasteiger partial charge in [-0.3, -0.25) is 4.40 Å². The van der Waals surface area contributed by atoms with E-state index < -0.39 is 0 Å². The number of rotatable bonds is 1. The van der Waals surface area contributed by atoms with Gasteiger partial charge in [0.25, 0.3) is 0 Å². The van der Waals surface area contributed by atoms with Crippen LogP contribution >= 0.6 is 22.7 Å². The maximum atomic E-state index is 4.69. The molecule has 0 bridgehead atoms. The van der Waals surface area contributed by atoms with Gasteiger partial charge in [-0.2, -0.15) is 0 Å². The van der Waals surface area contributed by atoms with Gasteiger partial charge >= 0.3 is 0 Å². The molecule has 0 fully saturated rings. The van der Waals surface area contributed by atoms with Crippen LogP contribution in [0.3, 0.4) is 0 Å². The Labute approximate surface area is 107 Å². The lowest BCUT2D eigenvalue weighted by Crippen LogP contribution is -2.01. The van der Waals surface area contributed by atoms with Crippen molar-refractivity contribution in [2.45, 2.75) is 25.7 Å². The Morgan fingerprint density at radius 1 is 1.18 bits per heavy atom. The first-order chi connectivity index (χ1) is 8.42. The standard InChI is InChI=1S/C12H11N3S2/c1-2-4-11-10(3-1)15-5-8(14-12(15)17-11)9-6-16-7-13-9/h5-7H,1-4H2. The molecule has 0 unspecified atom stereocenters. The summed E-state index contributed by atoms with van der Waals surface area (Å²) >= 11 is 3.46. The number of fused-ring (bicyclic) bond motifs is 3. The van der Waals surface area contributed by atoms with Gasteiger partial charge in [0.1, 0.15) is 11.4 Å².